The van der Waals surface area contributed by atoms with Gasteiger partial charge in [-0.1, -0.05) is 0 Å². The van der Waals surface area contributed by atoms with Crippen LogP contribution in [-0.4, -0.2) is 5.54 Å². The van der Waals surface area contributed by atoms with E-state index in [4.69, 9.17) is 21.6 Å². The van der Waals surface area contributed by atoms with Crippen LogP contribution in [0.2, 0.25) is 0 Å². The Labute approximate surface area is 90.1 Å². The molecule has 0 aromatic carbocycles. The summed E-state index contributed by atoms with van der Waals surface area (Å²) in [7, 11) is 0. The molecule has 5 nitrogen and oxygen atoms in total. The maximum atomic E-state index is 8.93. The summed E-state index contributed by atoms with van der Waals surface area (Å²) in [5.41, 5.74) is 1.51. The van der Waals surface area contributed by atoms with Crippen LogP contribution in [-0.2, 0) is 0 Å². The number of rotatable bonds is 4. The van der Waals surface area contributed by atoms with Crippen molar-refractivity contribution in [1.82, 2.24) is 5.43 Å². The van der Waals surface area contributed by atoms with Gasteiger partial charge in [-0.25, -0.2) is 0 Å². The van der Waals surface area contributed by atoms with Crippen LogP contribution in [0, 0.1) is 51.7 Å². The summed E-state index contributed by atoms with van der Waals surface area (Å²) in [4.78, 5) is 0. The largest absolute Gasteiger partial charge is 0.271 e. The second kappa shape index (κ2) is 5.32. The molecule has 0 saturated heterocycles. The number of hydrazine groups is 1. The molecule has 0 aliphatic heterocycles. The molecular weight excluding hydrogens is 190 g/mol. The second-order valence-electron chi connectivity index (χ2n) is 3.63. The molecule has 0 aliphatic rings. The summed E-state index contributed by atoms with van der Waals surface area (Å²) in [5, 5.41) is 26.8. The molecule has 0 saturated carbocycles. The van der Waals surface area contributed by atoms with E-state index in [-0.39, 0.29) is 0 Å². The smallest absolute Gasteiger partial charge is 0.0786 e. The number of nitriles is 3. The van der Waals surface area contributed by atoms with E-state index in [1.807, 2.05) is 18.2 Å². The molecule has 3 N–H and O–H groups in total. The third-order valence-electron chi connectivity index (χ3n) is 2.98. The van der Waals surface area contributed by atoms with E-state index in [0.29, 0.717) is 0 Å². The monoisotopic (exact) mass is 205 g/mol. The summed E-state index contributed by atoms with van der Waals surface area (Å²) in [6.45, 7) is 4.96. The molecular formula is C10H15N5. The zero-order valence-electron chi connectivity index (χ0n) is 9.15. The Morgan fingerprint density at radius 3 is 1.33 bits per heavy atom. The number of nitrogens with two attached hydrogens (primary N) is 1. The summed E-state index contributed by atoms with van der Waals surface area (Å²) < 4.78 is 0. The Morgan fingerprint density at radius 1 is 0.933 bits per heavy atom. The first-order valence-electron chi connectivity index (χ1n) is 4.67. The van der Waals surface area contributed by atoms with E-state index in [9.17, 15) is 0 Å². The number of nitrogens with zero attached hydrogens (tertiary/aromatic N) is 3. The van der Waals surface area contributed by atoms with E-state index in [1.54, 1.807) is 20.8 Å². The van der Waals surface area contributed by atoms with Crippen molar-refractivity contribution in [3.05, 3.63) is 0 Å². The summed E-state index contributed by atoms with van der Waals surface area (Å²) in [6.07, 6.45) is 0. The molecule has 15 heavy (non-hydrogen) atoms. The van der Waals surface area contributed by atoms with Crippen molar-refractivity contribution < 1.29 is 0 Å². The van der Waals surface area contributed by atoms with Gasteiger partial charge in [-0.05, 0) is 20.8 Å². The first-order valence-corrected chi connectivity index (χ1v) is 4.67. The third kappa shape index (κ3) is 2.07. The zero-order chi connectivity index (χ0) is 12.1. The molecule has 3 atom stereocenters. The van der Waals surface area contributed by atoms with E-state index < -0.39 is 23.3 Å². The topological polar surface area (TPSA) is 109 Å². The van der Waals surface area contributed by atoms with E-state index in [0.717, 1.165) is 0 Å². The molecule has 0 bridgehead atoms. The second-order valence-corrected chi connectivity index (χ2v) is 3.63. The SMILES string of the molecule is CC(C#N)C(NN)(C(C)C#N)C(C)C#N. The van der Waals surface area contributed by atoms with Crippen LogP contribution < -0.4 is 11.3 Å². The molecule has 0 fully saturated rings. The van der Waals surface area contributed by atoms with Gasteiger partial charge in [0.2, 0.25) is 0 Å². The maximum Gasteiger partial charge on any atom is 0.0786 e. The number of hydrogen-bond acceptors (Lipinski definition) is 5. The molecule has 0 spiro atoms. The molecule has 0 aliphatic carbocycles. The van der Waals surface area contributed by atoms with Crippen LogP contribution >= 0.6 is 0 Å². The molecule has 3 unspecified atom stereocenters. The zero-order valence-corrected chi connectivity index (χ0v) is 9.15. The van der Waals surface area contributed by atoms with Crippen molar-refractivity contribution in [3.8, 4) is 18.2 Å². The Kier molecular flexibility index (Phi) is 4.74. The van der Waals surface area contributed by atoms with Gasteiger partial charge in [-0.2, -0.15) is 15.8 Å². The van der Waals surface area contributed by atoms with Crippen LogP contribution in [0.3, 0.4) is 0 Å². The van der Waals surface area contributed by atoms with Crippen LogP contribution in [0.4, 0.5) is 0 Å². The highest BCUT2D eigenvalue weighted by atomic mass is 15.3. The highest BCUT2D eigenvalue weighted by molar-refractivity contribution is 5.15. The van der Waals surface area contributed by atoms with Gasteiger partial charge in [0.05, 0.1) is 41.5 Å². The quantitative estimate of drug-likeness (QED) is 0.517. The highest BCUT2D eigenvalue weighted by Gasteiger charge is 2.46. The fourth-order valence-corrected chi connectivity index (χ4v) is 1.82. The predicted octanol–water partition coefficient (Wildman–Crippen LogP) is 0.668. The lowest BCUT2D eigenvalue weighted by molar-refractivity contribution is 0.161. The fraction of sp³-hybridized carbons (Fsp3) is 0.700. The van der Waals surface area contributed by atoms with Crippen molar-refractivity contribution in [2.75, 3.05) is 0 Å². The van der Waals surface area contributed by atoms with E-state index >= 15 is 0 Å². The van der Waals surface area contributed by atoms with Crippen LogP contribution in [0.25, 0.3) is 0 Å². The first kappa shape index (κ1) is 13.4. The molecule has 0 heterocycles. The van der Waals surface area contributed by atoms with Crippen molar-refractivity contribution >= 4 is 0 Å². The third-order valence-corrected chi connectivity index (χ3v) is 2.98. The van der Waals surface area contributed by atoms with Crippen LogP contribution in [0.1, 0.15) is 20.8 Å². The van der Waals surface area contributed by atoms with Gasteiger partial charge in [-0.3, -0.25) is 11.3 Å². The van der Waals surface area contributed by atoms with Gasteiger partial charge in [-0.15, -0.1) is 0 Å². The Morgan fingerprint density at radius 2 is 1.20 bits per heavy atom. The van der Waals surface area contributed by atoms with Gasteiger partial charge < -0.3 is 0 Å². The first-order chi connectivity index (χ1) is 7.00. The summed E-state index contributed by atoms with van der Waals surface area (Å²) in [6, 6.07) is 6.13. The van der Waals surface area contributed by atoms with Gasteiger partial charge in [0.25, 0.3) is 0 Å². The Hall–Kier alpha value is -1.61. The van der Waals surface area contributed by atoms with Gasteiger partial charge in [0.1, 0.15) is 0 Å². The molecule has 0 rings (SSSR count). The average Bonchev–Trinajstić information content (AvgIpc) is 2.29. The fourth-order valence-electron chi connectivity index (χ4n) is 1.82. The van der Waals surface area contributed by atoms with E-state index in [2.05, 4.69) is 5.43 Å². The molecule has 80 valence electrons. The number of nitrogens with one attached hydrogen (secondary N) is 1. The lowest BCUT2D eigenvalue weighted by Crippen LogP contribution is -2.61. The summed E-state index contributed by atoms with van der Waals surface area (Å²) >= 11 is 0. The standard InChI is InChI=1S/C10H15N5/c1-7(4-11)10(15-14,8(2)5-12)9(3)6-13/h7-9,15H,14H2,1-3H3. The minimum atomic E-state index is -0.988. The average molecular weight is 205 g/mol. The maximum absolute atomic E-state index is 8.93. The van der Waals surface area contributed by atoms with Crippen molar-refractivity contribution in [3.63, 3.8) is 0 Å². The predicted molar refractivity (Wildman–Crippen MR) is 54.4 cm³/mol. The normalized spacial score (nSPS) is 19.8. The molecule has 0 aromatic rings. The Bertz CT molecular complexity index is 279. The van der Waals surface area contributed by atoms with E-state index in [1.165, 1.54) is 0 Å². The molecule has 0 radical (unpaired) electrons. The minimum Gasteiger partial charge on any atom is -0.271 e. The lowest BCUT2D eigenvalue weighted by atomic mass is 9.69. The summed E-state index contributed by atoms with van der Waals surface area (Å²) in [5.74, 6) is 3.87. The van der Waals surface area contributed by atoms with Gasteiger partial charge >= 0.3 is 0 Å². The minimum absolute atomic E-state index is 0.521. The van der Waals surface area contributed by atoms with Gasteiger partial charge in [0.15, 0.2) is 0 Å². The van der Waals surface area contributed by atoms with Crippen LogP contribution in [0.15, 0.2) is 0 Å². The highest BCUT2D eigenvalue weighted by Crippen LogP contribution is 2.32. The Balaban J connectivity index is 5.45. The molecule has 5 heteroatoms. The van der Waals surface area contributed by atoms with Crippen molar-refractivity contribution in [2.45, 2.75) is 26.3 Å². The van der Waals surface area contributed by atoms with Crippen molar-refractivity contribution in [2.24, 2.45) is 23.6 Å². The lowest BCUT2D eigenvalue weighted by Gasteiger charge is -2.39. The van der Waals surface area contributed by atoms with Crippen molar-refractivity contribution in [1.29, 1.82) is 15.8 Å². The molecule has 0 aromatic heterocycles. The van der Waals surface area contributed by atoms with Gasteiger partial charge in [0, 0.05) is 0 Å². The van der Waals surface area contributed by atoms with Crippen LogP contribution in [0.5, 0.6) is 0 Å². The molecule has 0 amide bonds. The number of hydrogen-bond donors (Lipinski definition) is 2.